The summed E-state index contributed by atoms with van der Waals surface area (Å²) >= 11 is 0. The number of nitrogens with zero attached hydrogens (tertiary/aromatic N) is 2. The fourth-order valence-corrected chi connectivity index (χ4v) is 3.23. The van der Waals surface area contributed by atoms with Gasteiger partial charge in [-0.15, -0.1) is 0 Å². The highest BCUT2D eigenvalue weighted by atomic mass is 15.1. The van der Waals surface area contributed by atoms with Crippen LogP contribution in [0.3, 0.4) is 0 Å². The molecule has 3 rings (SSSR count). The highest BCUT2D eigenvalue weighted by Crippen LogP contribution is 2.38. The van der Waals surface area contributed by atoms with E-state index >= 15 is 0 Å². The average molecular weight is 252 g/mol. The molecule has 2 nitrogen and oxygen atoms in total. The van der Waals surface area contributed by atoms with Gasteiger partial charge >= 0.3 is 0 Å². The van der Waals surface area contributed by atoms with E-state index in [4.69, 9.17) is 4.98 Å². The number of hydrogen-bond donors (Lipinski definition) is 0. The van der Waals surface area contributed by atoms with Crippen LogP contribution in [0.5, 0.6) is 0 Å². The lowest BCUT2D eigenvalue weighted by atomic mass is 10.0. The Morgan fingerprint density at radius 2 is 2.21 bits per heavy atom. The minimum absolute atomic E-state index is 0.544. The normalized spacial score (nSPS) is 22.8. The number of hydrogen-bond acceptors (Lipinski definition) is 1. The third-order valence-electron chi connectivity index (χ3n) is 4.16. The van der Waals surface area contributed by atoms with Crippen LogP contribution in [-0.2, 0) is 0 Å². The topological polar surface area (TPSA) is 17.8 Å². The molecule has 0 spiro atoms. The van der Waals surface area contributed by atoms with Gasteiger partial charge in [-0.25, -0.2) is 4.98 Å². The van der Waals surface area contributed by atoms with Gasteiger partial charge in [-0.1, -0.05) is 31.7 Å². The Bertz CT molecular complexity index is 676. The first-order chi connectivity index (χ1) is 9.15. The first-order valence-corrected chi connectivity index (χ1v) is 6.96. The summed E-state index contributed by atoms with van der Waals surface area (Å²) in [7, 11) is 0. The van der Waals surface area contributed by atoms with Crippen molar-refractivity contribution >= 4 is 16.6 Å². The predicted octanol–water partition coefficient (Wildman–Crippen LogP) is 4.69. The highest BCUT2D eigenvalue weighted by Gasteiger charge is 2.28. The molecule has 2 aromatic rings. The number of imidazole rings is 1. The Morgan fingerprint density at radius 3 is 2.89 bits per heavy atom. The zero-order valence-corrected chi connectivity index (χ0v) is 11.9. The van der Waals surface area contributed by atoms with E-state index in [-0.39, 0.29) is 0 Å². The number of benzene rings is 1. The van der Waals surface area contributed by atoms with Crippen molar-refractivity contribution in [2.45, 2.75) is 39.2 Å². The van der Waals surface area contributed by atoms with Crippen LogP contribution in [0.4, 0.5) is 0 Å². The molecule has 0 N–H and O–H groups in total. The van der Waals surface area contributed by atoms with Gasteiger partial charge in [0.25, 0.3) is 0 Å². The van der Waals surface area contributed by atoms with Crippen molar-refractivity contribution in [1.82, 2.24) is 9.55 Å². The lowest BCUT2D eigenvalue weighted by Crippen LogP contribution is -1.98. The SMILES string of the molecule is C=C/C(=C\C)c1ccc2nc3n(c2c1)C(C)CC3C. The standard InChI is InChI=1S/C17H20N2/c1-5-13(6-2)14-7-8-15-16(10-14)19-12(4)9-11(3)17(19)18-15/h5-8,10-12H,1,9H2,2-4H3/b13-6+. The van der Waals surface area contributed by atoms with Crippen molar-refractivity contribution < 1.29 is 0 Å². The second-order valence-corrected chi connectivity index (χ2v) is 5.48. The summed E-state index contributed by atoms with van der Waals surface area (Å²) in [5, 5.41) is 0. The number of rotatable bonds is 2. The molecule has 0 saturated carbocycles. The molecule has 2 atom stereocenters. The first-order valence-electron chi connectivity index (χ1n) is 6.96. The third kappa shape index (κ3) is 1.74. The van der Waals surface area contributed by atoms with Crippen molar-refractivity contribution in [2.75, 3.05) is 0 Å². The zero-order valence-electron chi connectivity index (χ0n) is 11.9. The van der Waals surface area contributed by atoms with Crippen LogP contribution in [0.1, 0.15) is 50.5 Å². The van der Waals surface area contributed by atoms with Gasteiger partial charge in [-0.05, 0) is 43.5 Å². The lowest BCUT2D eigenvalue weighted by Gasteiger charge is -2.09. The van der Waals surface area contributed by atoms with E-state index < -0.39 is 0 Å². The van der Waals surface area contributed by atoms with E-state index in [9.17, 15) is 0 Å². The molecular formula is C17H20N2. The second-order valence-electron chi connectivity index (χ2n) is 5.48. The van der Waals surface area contributed by atoms with Crippen LogP contribution in [0.2, 0.25) is 0 Å². The molecule has 2 heterocycles. The molecule has 1 aliphatic rings. The van der Waals surface area contributed by atoms with E-state index in [1.54, 1.807) is 0 Å². The van der Waals surface area contributed by atoms with Crippen LogP contribution >= 0.6 is 0 Å². The third-order valence-corrected chi connectivity index (χ3v) is 4.16. The highest BCUT2D eigenvalue weighted by molar-refractivity contribution is 5.84. The maximum Gasteiger partial charge on any atom is 0.113 e. The summed E-state index contributed by atoms with van der Waals surface area (Å²) in [6, 6.07) is 7.06. The van der Waals surface area contributed by atoms with Crippen LogP contribution < -0.4 is 0 Å². The molecule has 98 valence electrons. The van der Waals surface area contributed by atoms with Crippen molar-refractivity contribution in [3.63, 3.8) is 0 Å². The molecule has 1 aromatic carbocycles. The minimum atomic E-state index is 0.544. The second kappa shape index (κ2) is 4.37. The average Bonchev–Trinajstić information content (AvgIpc) is 2.90. The van der Waals surface area contributed by atoms with Crippen LogP contribution in [-0.4, -0.2) is 9.55 Å². The number of aromatic nitrogens is 2. The number of fused-ring (bicyclic) bond motifs is 3. The summed E-state index contributed by atoms with van der Waals surface area (Å²) in [5.74, 6) is 1.80. The predicted molar refractivity (Wildman–Crippen MR) is 81.3 cm³/mol. The maximum absolute atomic E-state index is 4.79. The minimum Gasteiger partial charge on any atom is -0.325 e. The fourth-order valence-electron chi connectivity index (χ4n) is 3.23. The molecule has 0 saturated heterocycles. The Labute approximate surface area is 114 Å². The van der Waals surface area contributed by atoms with E-state index in [1.807, 2.05) is 13.0 Å². The summed E-state index contributed by atoms with van der Waals surface area (Å²) < 4.78 is 2.40. The fraction of sp³-hybridized carbons (Fsp3) is 0.353. The molecule has 0 fully saturated rings. The molecule has 19 heavy (non-hydrogen) atoms. The van der Waals surface area contributed by atoms with E-state index in [1.165, 1.54) is 28.9 Å². The smallest absolute Gasteiger partial charge is 0.113 e. The molecule has 0 aliphatic carbocycles. The molecular weight excluding hydrogens is 232 g/mol. The monoisotopic (exact) mass is 252 g/mol. The summed E-state index contributed by atoms with van der Waals surface area (Å²) in [4.78, 5) is 4.79. The van der Waals surface area contributed by atoms with E-state index in [0.717, 1.165) is 5.52 Å². The summed E-state index contributed by atoms with van der Waals surface area (Å²) in [5.41, 5.74) is 4.76. The quantitative estimate of drug-likeness (QED) is 0.709. The summed E-state index contributed by atoms with van der Waals surface area (Å²) in [6.45, 7) is 10.5. The van der Waals surface area contributed by atoms with Crippen molar-refractivity contribution in [3.05, 3.63) is 48.3 Å². The Kier molecular flexibility index (Phi) is 2.81. The van der Waals surface area contributed by atoms with Gasteiger partial charge in [-0.2, -0.15) is 0 Å². The molecule has 0 radical (unpaired) electrons. The summed E-state index contributed by atoms with van der Waals surface area (Å²) in [6.07, 6.45) is 5.20. The van der Waals surface area contributed by atoms with Crippen molar-refractivity contribution in [1.29, 1.82) is 0 Å². The van der Waals surface area contributed by atoms with Crippen LogP contribution in [0.25, 0.3) is 16.6 Å². The molecule has 1 aromatic heterocycles. The van der Waals surface area contributed by atoms with Gasteiger partial charge in [0.1, 0.15) is 5.82 Å². The van der Waals surface area contributed by atoms with Crippen LogP contribution in [0, 0.1) is 0 Å². The Balaban J connectivity index is 2.24. The first kappa shape index (κ1) is 12.2. The van der Waals surface area contributed by atoms with Gasteiger partial charge in [0.2, 0.25) is 0 Å². The van der Waals surface area contributed by atoms with Crippen molar-refractivity contribution in [2.24, 2.45) is 0 Å². The molecule has 0 bridgehead atoms. The lowest BCUT2D eigenvalue weighted by molar-refractivity contribution is 0.572. The van der Waals surface area contributed by atoms with E-state index in [0.29, 0.717) is 12.0 Å². The zero-order chi connectivity index (χ0) is 13.6. The van der Waals surface area contributed by atoms with Gasteiger partial charge < -0.3 is 4.57 Å². The molecule has 2 heteroatoms. The van der Waals surface area contributed by atoms with E-state index in [2.05, 4.69) is 49.3 Å². The van der Waals surface area contributed by atoms with Gasteiger partial charge in [0.05, 0.1) is 11.0 Å². The Hall–Kier alpha value is -1.83. The van der Waals surface area contributed by atoms with Gasteiger partial charge in [-0.3, -0.25) is 0 Å². The molecule has 0 amide bonds. The number of allylic oxidation sites excluding steroid dienone is 3. The Morgan fingerprint density at radius 1 is 1.42 bits per heavy atom. The van der Waals surface area contributed by atoms with Gasteiger partial charge in [0, 0.05) is 12.0 Å². The van der Waals surface area contributed by atoms with Crippen molar-refractivity contribution in [3.8, 4) is 0 Å². The largest absolute Gasteiger partial charge is 0.325 e. The van der Waals surface area contributed by atoms with Crippen LogP contribution in [0.15, 0.2) is 36.9 Å². The van der Waals surface area contributed by atoms with Gasteiger partial charge in [0.15, 0.2) is 0 Å². The molecule has 2 unspecified atom stereocenters. The molecule has 1 aliphatic heterocycles. The maximum atomic E-state index is 4.79.